The molecule has 0 spiro atoms. The monoisotopic (exact) mass is 243 g/mol. The highest BCUT2D eigenvalue weighted by Crippen LogP contribution is 2.22. The van der Waals surface area contributed by atoms with Crippen LogP contribution < -0.4 is 16.6 Å². The maximum atomic E-state index is 11.6. The zero-order valence-corrected chi connectivity index (χ0v) is 9.64. The van der Waals surface area contributed by atoms with Gasteiger partial charge in [0.1, 0.15) is 6.42 Å². The molecule has 0 unspecified atom stereocenters. The number of hydrogen-bond acceptors (Lipinski definition) is 3. The minimum atomic E-state index is -0.521. The maximum Gasteiger partial charge on any atom is 0.243 e. The zero-order valence-electron chi connectivity index (χ0n) is 9.64. The van der Waals surface area contributed by atoms with Gasteiger partial charge in [-0.2, -0.15) is 0 Å². The number of carbonyl (C=O) groups excluding carboxylic acids is 2. The molecule has 0 saturated heterocycles. The molecule has 2 aromatic rings. The predicted molar refractivity (Wildman–Crippen MR) is 69.5 cm³/mol. The summed E-state index contributed by atoms with van der Waals surface area (Å²) in [6.45, 7) is 0. The number of carbonyl (C=O) groups is 2. The van der Waals surface area contributed by atoms with Gasteiger partial charge >= 0.3 is 0 Å². The molecule has 5 nitrogen and oxygen atoms in total. The number of amides is 2. The van der Waals surface area contributed by atoms with Crippen LogP contribution in [-0.4, -0.2) is 11.8 Å². The lowest BCUT2D eigenvalue weighted by Crippen LogP contribution is -2.33. The molecule has 0 saturated carbocycles. The van der Waals surface area contributed by atoms with Crippen LogP contribution in [-0.2, 0) is 9.59 Å². The van der Waals surface area contributed by atoms with E-state index in [1.165, 1.54) is 0 Å². The Morgan fingerprint density at radius 1 is 1.00 bits per heavy atom. The second-order valence-electron chi connectivity index (χ2n) is 3.82. The van der Waals surface area contributed by atoms with Crippen molar-refractivity contribution >= 4 is 28.3 Å². The van der Waals surface area contributed by atoms with Crippen molar-refractivity contribution in [3.05, 3.63) is 42.5 Å². The van der Waals surface area contributed by atoms with Gasteiger partial charge in [-0.15, -0.1) is 0 Å². The number of nitrogens with one attached hydrogen (secondary N) is 2. The SMILES string of the molecule is NNC(=O)CC(=O)Nc1cccc2ccccc12. The minimum Gasteiger partial charge on any atom is -0.325 e. The largest absolute Gasteiger partial charge is 0.325 e. The van der Waals surface area contributed by atoms with Gasteiger partial charge in [-0.1, -0.05) is 36.4 Å². The second kappa shape index (κ2) is 5.29. The van der Waals surface area contributed by atoms with E-state index in [0.717, 1.165) is 10.8 Å². The summed E-state index contributed by atoms with van der Waals surface area (Å²) < 4.78 is 0. The summed E-state index contributed by atoms with van der Waals surface area (Å²) in [7, 11) is 0. The molecule has 2 aromatic carbocycles. The summed E-state index contributed by atoms with van der Waals surface area (Å²) in [5.74, 6) is 4.01. The van der Waals surface area contributed by atoms with Crippen molar-refractivity contribution in [2.75, 3.05) is 5.32 Å². The number of nitrogens with two attached hydrogens (primary N) is 1. The van der Waals surface area contributed by atoms with Crippen LogP contribution >= 0.6 is 0 Å². The van der Waals surface area contributed by atoms with Crippen LogP contribution in [0.5, 0.6) is 0 Å². The third kappa shape index (κ3) is 2.64. The topological polar surface area (TPSA) is 84.2 Å². The summed E-state index contributed by atoms with van der Waals surface area (Å²) in [4.78, 5) is 22.6. The van der Waals surface area contributed by atoms with Crippen LogP contribution in [0.1, 0.15) is 6.42 Å². The number of anilines is 1. The highest BCUT2D eigenvalue weighted by atomic mass is 16.2. The smallest absolute Gasteiger partial charge is 0.243 e. The number of rotatable bonds is 3. The van der Waals surface area contributed by atoms with Crippen molar-refractivity contribution in [1.29, 1.82) is 0 Å². The lowest BCUT2D eigenvalue weighted by Gasteiger charge is -2.08. The molecule has 4 N–H and O–H groups in total. The molecule has 0 radical (unpaired) electrons. The first-order valence-electron chi connectivity index (χ1n) is 5.48. The van der Waals surface area contributed by atoms with Crippen LogP contribution in [0.25, 0.3) is 10.8 Å². The number of hydrazine groups is 1. The molecule has 0 heterocycles. The van der Waals surface area contributed by atoms with Gasteiger partial charge in [0.15, 0.2) is 0 Å². The molecule has 0 aliphatic rings. The minimum absolute atomic E-state index is 0.292. The molecular weight excluding hydrogens is 230 g/mol. The van der Waals surface area contributed by atoms with Crippen LogP contribution in [0, 0.1) is 0 Å². The second-order valence-corrected chi connectivity index (χ2v) is 3.82. The third-order valence-electron chi connectivity index (χ3n) is 2.55. The third-order valence-corrected chi connectivity index (χ3v) is 2.55. The average molecular weight is 243 g/mol. The fourth-order valence-corrected chi connectivity index (χ4v) is 1.73. The molecule has 2 amide bonds. The van der Waals surface area contributed by atoms with Gasteiger partial charge in [-0.3, -0.25) is 15.0 Å². The number of benzene rings is 2. The first-order valence-corrected chi connectivity index (χ1v) is 5.48. The Bertz CT molecular complexity index is 590. The van der Waals surface area contributed by atoms with E-state index in [4.69, 9.17) is 5.84 Å². The van der Waals surface area contributed by atoms with Gasteiger partial charge in [0, 0.05) is 11.1 Å². The number of fused-ring (bicyclic) bond motifs is 1. The molecule has 0 aliphatic carbocycles. The Hall–Kier alpha value is -2.40. The standard InChI is InChI=1S/C13H13N3O2/c14-16-13(18)8-12(17)15-11-7-3-5-9-4-1-2-6-10(9)11/h1-7H,8,14H2,(H,15,17)(H,16,18). The van der Waals surface area contributed by atoms with E-state index in [0.29, 0.717) is 5.69 Å². The summed E-state index contributed by atoms with van der Waals surface area (Å²) in [5.41, 5.74) is 2.60. The van der Waals surface area contributed by atoms with E-state index in [-0.39, 0.29) is 6.42 Å². The Balaban J connectivity index is 2.21. The van der Waals surface area contributed by atoms with Crippen molar-refractivity contribution in [3.8, 4) is 0 Å². The summed E-state index contributed by atoms with van der Waals surface area (Å²) in [5, 5.41) is 4.65. The van der Waals surface area contributed by atoms with Crippen molar-refractivity contribution in [1.82, 2.24) is 5.43 Å². The van der Waals surface area contributed by atoms with E-state index >= 15 is 0 Å². The highest BCUT2D eigenvalue weighted by molar-refractivity contribution is 6.07. The van der Waals surface area contributed by atoms with E-state index in [2.05, 4.69) is 5.32 Å². The van der Waals surface area contributed by atoms with Crippen LogP contribution in [0.4, 0.5) is 5.69 Å². The normalized spacial score (nSPS) is 10.1. The summed E-state index contributed by atoms with van der Waals surface area (Å²) in [6, 6.07) is 13.3. The van der Waals surface area contributed by atoms with E-state index in [9.17, 15) is 9.59 Å². The maximum absolute atomic E-state index is 11.6. The Labute approximate surface area is 104 Å². The molecule has 0 aromatic heterocycles. The van der Waals surface area contributed by atoms with Gasteiger partial charge in [0.2, 0.25) is 11.8 Å². The highest BCUT2D eigenvalue weighted by Gasteiger charge is 2.09. The van der Waals surface area contributed by atoms with Gasteiger partial charge in [-0.25, -0.2) is 5.84 Å². The molecular formula is C13H13N3O2. The molecule has 0 bridgehead atoms. The van der Waals surface area contributed by atoms with Gasteiger partial charge in [0.05, 0.1) is 0 Å². The van der Waals surface area contributed by atoms with Crippen molar-refractivity contribution in [3.63, 3.8) is 0 Å². The fraction of sp³-hybridized carbons (Fsp3) is 0.0769. The molecule has 18 heavy (non-hydrogen) atoms. The Morgan fingerprint density at radius 2 is 1.72 bits per heavy atom. The molecule has 0 fully saturated rings. The van der Waals surface area contributed by atoms with Crippen molar-refractivity contribution in [2.24, 2.45) is 5.84 Å². The average Bonchev–Trinajstić information content (AvgIpc) is 2.39. The molecule has 92 valence electrons. The quantitative estimate of drug-likeness (QED) is 0.327. The number of hydrogen-bond donors (Lipinski definition) is 3. The van der Waals surface area contributed by atoms with Crippen molar-refractivity contribution in [2.45, 2.75) is 6.42 Å². The van der Waals surface area contributed by atoms with Crippen molar-refractivity contribution < 1.29 is 9.59 Å². The van der Waals surface area contributed by atoms with Gasteiger partial charge in [-0.05, 0) is 11.5 Å². The van der Waals surface area contributed by atoms with E-state index < -0.39 is 11.8 Å². The Kier molecular flexibility index (Phi) is 3.54. The van der Waals surface area contributed by atoms with Gasteiger partial charge < -0.3 is 5.32 Å². The van der Waals surface area contributed by atoms with Crippen LogP contribution in [0.2, 0.25) is 0 Å². The lowest BCUT2D eigenvalue weighted by molar-refractivity contribution is -0.126. The van der Waals surface area contributed by atoms with E-state index in [1.807, 2.05) is 41.8 Å². The first kappa shape index (κ1) is 12.1. The van der Waals surface area contributed by atoms with Crippen LogP contribution in [0.15, 0.2) is 42.5 Å². The van der Waals surface area contributed by atoms with Crippen LogP contribution in [0.3, 0.4) is 0 Å². The molecule has 0 aliphatic heterocycles. The van der Waals surface area contributed by atoms with Gasteiger partial charge in [0.25, 0.3) is 0 Å². The van der Waals surface area contributed by atoms with E-state index in [1.54, 1.807) is 6.07 Å². The zero-order chi connectivity index (χ0) is 13.0. The fourth-order valence-electron chi connectivity index (χ4n) is 1.73. The first-order chi connectivity index (χ1) is 8.70. The summed E-state index contributed by atoms with van der Waals surface area (Å²) in [6.07, 6.45) is -0.292. The molecule has 2 rings (SSSR count). The summed E-state index contributed by atoms with van der Waals surface area (Å²) >= 11 is 0. The predicted octanol–water partition coefficient (Wildman–Crippen LogP) is 1.16. The molecule has 0 atom stereocenters. The lowest BCUT2D eigenvalue weighted by atomic mass is 10.1. The Morgan fingerprint density at radius 3 is 2.50 bits per heavy atom. The molecule has 5 heteroatoms.